The number of nitrogen functional groups attached to an aromatic ring is 1. The van der Waals surface area contributed by atoms with Gasteiger partial charge in [-0.05, 0) is 24.3 Å². The lowest BCUT2D eigenvalue weighted by Crippen LogP contribution is -2.01. The number of hydrogen-bond acceptors (Lipinski definition) is 4. The van der Waals surface area contributed by atoms with E-state index in [1.165, 1.54) is 17.5 Å². The minimum absolute atomic E-state index is 0.132. The van der Waals surface area contributed by atoms with E-state index in [1.807, 2.05) is 0 Å². The van der Waals surface area contributed by atoms with Gasteiger partial charge >= 0.3 is 0 Å². The van der Waals surface area contributed by atoms with Crippen molar-refractivity contribution in [2.24, 2.45) is 0 Å². The predicted molar refractivity (Wildman–Crippen MR) is 61.4 cm³/mol. The number of ketones is 1. The van der Waals surface area contributed by atoms with E-state index < -0.39 is 0 Å². The van der Waals surface area contributed by atoms with Crippen molar-refractivity contribution in [1.82, 2.24) is 4.98 Å². The molecule has 15 heavy (non-hydrogen) atoms. The van der Waals surface area contributed by atoms with Crippen molar-refractivity contribution in [3.8, 4) is 0 Å². The summed E-state index contributed by atoms with van der Waals surface area (Å²) < 4.78 is 0.591. The maximum absolute atomic E-state index is 11.8. The Hall–Kier alpha value is -1.39. The molecule has 2 rings (SSSR count). The minimum atomic E-state index is -0.132. The standard InChI is InChI=1S/C10H7ClN2OS/c11-9-4-3-8(15-9)10(14)7-2-1-6(12)5-13-7/h1-5H,12H2. The van der Waals surface area contributed by atoms with Crippen molar-refractivity contribution < 1.29 is 4.79 Å². The molecule has 0 aromatic carbocycles. The summed E-state index contributed by atoms with van der Waals surface area (Å²) >= 11 is 6.98. The zero-order valence-electron chi connectivity index (χ0n) is 7.61. The van der Waals surface area contributed by atoms with Gasteiger partial charge < -0.3 is 5.73 Å². The largest absolute Gasteiger partial charge is 0.397 e. The molecule has 76 valence electrons. The van der Waals surface area contributed by atoms with Crippen molar-refractivity contribution in [3.05, 3.63) is 45.4 Å². The average molecular weight is 239 g/mol. The summed E-state index contributed by atoms with van der Waals surface area (Å²) in [6.07, 6.45) is 1.46. The number of nitrogens with two attached hydrogens (primary N) is 1. The van der Waals surface area contributed by atoms with Crippen LogP contribution in [0.5, 0.6) is 0 Å². The number of carbonyl (C=O) groups is 1. The maximum Gasteiger partial charge on any atom is 0.221 e. The van der Waals surface area contributed by atoms with Crippen LogP contribution in [0.4, 0.5) is 5.69 Å². The van der Waals surface area contributed by atoms with E-state index in [2.05, 4.69) is 4.98 Å². The molecule has 0 spiro atoms. The first-order valence-corrected chi connectivity index (χ1v) is 5.38. The van der Waals surface area contributed by atoms with Crippen LogP contribution in [-0.4, -0.2) is 10.8 Å². The molecule has 3 nitrogen and oxygen atoms in total. The van der Waals surface area contributed by atoms with Gasteiger partial charge in [-0.25, -0.2) is 0 Å². The van der Waals surface area contributed by atoms with Crippen LogP contribution in [0.2, 0.25) is 4.34 Å². The number of aromatic nitrogens is 1. The normalized spacial score (nSPS) is 10.2. The van der Waals surface area contributed by atoms with Crippen molar-refractivity contribution in [2.75, 3.05) is 5.73 Å². The van der Waals surface area contributed by atoms with Gasteiger partial charge in [-0.15, -0.1) is 11.3 Å². The Balaban J connectivity index is 2.32. The Bertz CT molecular complexity index is 492. The molecule has 0 aliphatic rings. The molecule has 0 atom stereocenters. The van der Waals surface area contributed by atoms with Gasteiger partial charge in [0.15, 0.2) is 0 Å². The van der Waals surface area contributed by atoms with Crippen LogP contribution in [0.1, 0.15) is 15.4 Å². The maximum atomic E-state index is 11.8. The molecular formula is C10H7ClN2OS. The third kappa shape index (κ3) is 2.16. The Kier molecular flexibility index (Phi) is 2.70. The van der Waals surface area contributed by atoms with E-state index in [9.17, 15) is 4.79 Å². The topological polar surface area (TPSA) is 56.0 Å². The molecule has 0 bridgehead atoms. The monoisotopic (exact) mass is 238 g/mol. The minimum Gasteiger partial charge on any atom is -0.397 e. The molecule has 2 heterocycles. The van der Waals surface area contributed by atoms with Crippen LogP contribution < -0.4 is 5.73 Å². The second kappa shape index (κ2) is 4.00. The van der Waals surface area contributed by atoms with E-state index >= 15 is 0 Å². The highest BCUT2D eigenvalue weighted by atomic mass is 35.5. The van der Waals surface area contributed by atoms with E-state index in [0.717, 1.165) is 0 Å². The van der Waals surface area contributed by atoms with Gasteiger partial charge in [-0.2, -0.15) is 0 Å². The number of hydrogen-bond donors (Lipinski definition) is 1. The van der Waals surface area contributed by atoms with Gasteiger partial charge in [0.1, 0.15) is 5.69 Å². The first-order chi connectivity index (χ1) is 7.16. The third-order valence-electron chi connectivity index (χ3n) is 1.82. The van der Waals surface area contributed by atoms with Gasteiger partial charge in [-0.1, -0.05) is 11.6 Å². The molecule has 0 amide bonds. The zero-order chi connectivity index (χ0) is 10.8. The number of carbonyl (C=O) groups excluding carboxylic acids is 1. The lowest BCUT2D eigenvalue weighted by Gasteiger charge is -1.97. The summed E-state index contributed by atoms with van der Waals surface area (Å²) in [7, 11) is 0. The Morgan fingerprint density at radius 2 is 2.13 bits per heavy atom. The summed E-state index contributed by atoms with van der Waals surface area (Å²) in [6.45, 7) is 0. The predicted octanol–water partition coefficient (Wildman–Crippen LogP) is 2.61. The van der Waals surface area contributed by atoms with Gasteiger partial charge in [0.05, 0.1) is 21.1 Å². The summed E-state index contributed by atoms with van der Waals surface area (Å²) in [5, 5.41) is 0. The number of anilines is 1. The molecule has 0 unspecified atom stereocenters. The van der Waals surface area contributed by atoms with Crippen molar-refractivity contribution >= 4 is 34.4 Å². The number of halogens is 1. The fraction of sp³-hybridized carbons (Fsp3) is 0. The van der Waals surface area contributed by atoms with Crippen molar-refractivity contribution in [1.29, 1.82) is 0 Å². The highest BCUT2D eigenvalue weighted by Gasteiger charge is 2.12. The summed E-state index contributed by atoms with van der Waals surface area (Å²) in [5.41, 5.74) is 6.39. The lowest BCUT2D eigenvalue weighted by molar-refractivity contribution is 0.103. The average Bonchev–Trinajstić information content (AvgIpc) is 2.65. The number of thiophene rings is 1. The van der Waals surface area contributed by atoms with Crippen molar-refractivity contribution in [2.45, 2.75) is 0 Å². The van der Waals surface area contributed by atoms with Gasteiger partial charge in [0, 0.05) is 0 Å². The first-order valence-electron chi connectivity index (χ1n) is 4.18. The lowest BCUT2D eigenvalue weighted by atomic mass is 10.2. The van der Waals surface area contributed by atoms with Crippen LogP contribution >= 0.6 is 22.9 Å². The van der Waals surface area contributed by atoms with E-state index in [1.54, 1.807) is 24.3 Å². The van der Waals surface area contributed by atoms with Crippen LogP contribution in [-0.2, 0) is 0 Å². The molecule has 0 fully saturated rings. The Labute approximate surface area is 95.5 Å². The molecule has 2 aromatic heterocycles. The zero-order valence-corrected chi connectivity index (χ0v) is 9.18. The highest BCUT2D eigenvalue weighted by Crippen LogP contribution is 2.23. The summed E-state index contributed by atoms with van der Waals surface area (Å²) in [4.78, 5) is 16.4. The SMILES string of the molecule is Nc1ccc(C(=O)c2ccc(Cl)s2)nc1. The van der Waals surface area contributed by atoms with Crippen LogP contribution in [0.15, 0.2) is 30.5 Å². The molecule has 0 saturated carbocycles. The van der Waals surface area contributed by atoms with E-state index in [0.29, 0.717) is 20.6 Å². The molecule has 2 N–H and O–H groups in total. The van der Waals surface area contributed by atoms with Crippen LogP contribution in [0.3, 0.4) is 0 Å². The Morgan fingerprint density at radius 3 is 2.67 bits per heavy atom. The number of rotatable bonds is 2. The molecule has 0 aliphatic heterocycles. The second-order valence-corrected chi connectivity index (χ2v) is 4.62. The smallest absolute Gasteiger partial charge is 0.221 e. The Morgan fingerprint density at radius 1 is 1.33 bits per heavy atom. The fourth-order valence-corrected chi connectivity index (χ4v) is 2.09. The van der Waals surface area contributed by atoms with E-state index in [-0.39, 0.29) is 5.78 Å². The van der Waals surface area contributed by atoms with Crippen molar-refractivity contribution in [3.63, 3.8) is 0 Å². The van der Waals surface area contributed by atoms with Gasteiger partial charge in [0.25, 0.3) is 0 Å². The molecule has 2 aromatic rings. The third-order valence-corrected chi connectivity index (χ3v) is 3.05. The number of nitrogens with zero attached hydrogens (tertiary/aromatic N) is 1. The summed E-state index contributed by atoms with van der Waals surface area (Å²) in [5.74, 6) is -0.132. The molecular weight excluding hydrogens is 232 g/mol. The highest BCUT2D eigenvalue weighted by molar-refractivity contribution is 7.18. The summed E-state index contributed by atoms with van der Waals surface area (Å²) in [6, 6.07) is 6.63. The second-order valence-electron chi connectivity index (χ2n) is 2.91. The molecule has 0 aliphatic carbocycles. The van der Waals surface area contributed by atoms with Crippen LogP contribution in [0.25, 0.3) is 0 Å². The molecule has 0 radical (unpaired) electrons. The first kappa shape index (κ1) is 10.1. The van der Waals surface area contributed by atoms with Gasteiger partial charge in [-0.3, -0.25) is 9.78 Å². The quantitative estimate of drug-likeness (QED) is 0.819. The molecule has 0 saturated heterocycles. The van der Waals surface area contributed by atoms with Gasteiger partial charge in [0.2, 0.25) is 5.78 Å². The van der Waals surface area contributed by atoms with Crippen LogP contribution in [0, 0.1) is 0 Å². The fourth-order valence-electron chi connectivity index (χ4n) is 1.10. The molecule has 5 heteroatoms. The number of pyridine rings is 1. The van der Waals surface area contributed by atoms with E-state index in [4.69, 9.17) is 17.3 Å².